The summed E-state index contributed by atoms with van der Waals surface area (Å²) in [5.74, 6) is 0. The summed E-state index contributed by atoms with van der Waals surface area (Å²) in [5, 5.41) is 0. The Kier molecular flexibility index (Phi) is 20.5. The van der Waals surface area contributed by atoms with E-state index < -0.39 is 0 Å². The Hall–Kier alpha value is 0.250. The summed E-state index contributed by atoms with van der Waals surface area (Å²) in [6, 6.07) is 0.701. The summed E-state index contributed by atoms with van der Waals surface area (Å²) < 4.78 is 0. The summed E-state index contributed by atoms with van der Waals surface area (Å²) in [6.45, 7) is 8.13. The smallest absolute Gasteiger partial charge is 0.00355 e. The van der Waals surface area contributed by atoms with Crippen LogP contribution in [0.3, 0.4) is 0 Å². The van der Waals surface area contributed by atoms with Gasteiger partial charge in [-0.25, -0.2) is 0 Å². The second-order valence-corrected chi connectivity index (χ2v) is 6.82. The van der Waals surface area contributed by atoms with E-state index >= 15 is 0 Å². The van der Waals surface area contributed by atoms with Crippen LogP contribution in [0.5, 0.6) is 0 Å². The molecule has 0 radical (unpaired) electrons. The van der Waals surface area contributed by atoms with Crippen molar-refractivity contribution >= 4 is 12.4 Å². The van der Waals surface area contributed by atoms with Crippen LogP contribution in [0.2, 0.25) is 0 Å². The van der Waals surface area contributed by atoms with Gasteiger partial charge in [0, 0.05) is 6.04 Å². The van der Waals surface area contributed by atoms with Crippen molar-refractivity contribution < 1.29 is 0 Å². The average molecular weight is 320 g/mol. The molecule has 0 aliphatic rings. The highest BCUT2D eigenvalue weighted by molar-refractivity contribution is 5.85. The van der Waals surface area contributed by atoms with Gasteiger partial charge in [-0.1, -0.05) is 84.0 Å². The molecular formula is C19H42ClN. The van der Waals surface area contributed by atoms with Crippen molar-refractivity contribution in [2.45, 2.75) is 110 Å². The molecule has 0 aromatic rings. The van der Waals surface area contributed by atoms with Gasteiger partial charge in [-0.05, 0) is 33.9 Å². The van der Waals surface area contributed by atoms with E-state index in [9.17, 15) is 0 Å². The minimum absolute atomic E-state index is 0. The summed E-state index contributed by atoms with van der Waals surface area (Å²) >= 11 is 0. The molecule has 0 aliphatic heterocycles. The Morgan fingerprint density at radius 2 is 0.952 bits per heavy atom. The standard InChI is InChI=1S/C19H41N.ClH/c1-5-6-7-8-9-10-11-12-13-14-15-16-17-18-20(4)19(2)3;/h19H,5-18H2,1-4H3;1H. The molecule has 0 saturated heterocycles. The van der Waals surface area contributed by atoms with Gasteiger partial charge in [0.2, 0.25) is 0 Å². The minimum atomic E-state index is 0. The van der Waals surface area contributed by atoms with Crippen molar-refractivity contribution in [1.29, 1.82) is 0 Å². The number of rotatable bonds is 15. The molecule has 0 aromatic heterocycles. The zero-order chi connectivity index (χ0) is 15.1. The van der Waals surface area contributed by atoms with Gasteiger partial charge in [-0.3, -0.25) is 0 Å². The van der Waals surface area contributed by atoms with Gasteiger partial charge < -0.3 is 4.90 Å². The first-order valence-corrected chi connectivity index (χ1v) is 9.38. The minimum Gasteiger partial charge on any atom is -0.304 e. The van der Waals surface area contributed by atoms with Crippen molar-refractivity contribution in [2.75, 3.05) is 13.6 Å². The van der Waals surface area contributed by atoms with E-state index in [1.165, 1.54) is 90.0 Å². The zero-order valence-electron chi connectivity index (χ0n) is 15.3. The third-order valence-electron chi connectivity index (χ3n) is 4.50. The fourth-order valence-corrected chi connectivity index (χ4v) is 2.64. The van der Waals surface area contributed by atoms with E-state index in [4.69, 9.17) is 0 Å². The van der Waals surface area contributed by atoms with Crippen LogP contribution in [0.1, 0.15) is 104 Å². The van der Waals surface area contributed by atoms with Crippen molar-refractivity contribution in [1.82, 2.24) is 4.90 Å². The number of hydrogen-bond acceptors (Lipinski definition) is 1. The van der Waals surface area contributed by atoms with Gasteiger partial charge in [0.05, 0.1) is 0 Å². The van der Waals surface area contributed by atoms with Gasteiger partial charge in [-0.15, -0.1) is 12.4 Å². The van der Waals surface area contributed by atoms with Gasteiger partial charge in [0.15, 0.2) is 0 Å². The molecule has 0 rings (SSSR count). The molecule has 2 heteroatoms. The maximum atomic E-state index is 2.46. The first-order valence-electron chi connectivity index (χ1n) is 9.38. The largest absolute Gasteiger partial charge is 0.304 e. The van der Waals surface area contributed by atoms with Gasteiger partial charge in [0.1, 0.15) is 0 Å². The Morgan fingerprint density at radius 1 is 0.619 bits per heavy atom. The molecule has 0 N–H and O–H groups in total. The molecule has 0 heterocycles. The predicted molar refractivity (Wildman–Crippen MR) is 101 cm³/mol. The van der Waals surface area contributed by atoms with E-state index in [0.717, 1.165) is 0 Å². The molecule has 0 saturated carbocycles. The molecule has 21 heavy (non-hydrogen) atoms. The molecule has 0 amide bonds. The van der Waals surface area contributed by atoms with Gasteiger partial charge in [0.25, 0.3) is 0 Å². The highest BCUT2D eigenvalue weighted by Crippen LogP contribution is 2.12. The Balaban J connectivity index is 0. The van der Waals surface area contributed by atoms with E-state index in [-0.39, 0.29) is 12.4 Å². The van der Waals surface area contributed by atoms with Gasteiger partial charge in [-0.2, -0.15) is 0 Å². The van der Waals surface area contributed by atoms with Crippen LogP contribution in [0.4, 0.5) is 0 Å². The average Bonchev–Trinajstić information content (AvgIpc) is 2.43. The fraction of sp³-hybridized carbons (Fsp3) is 1.00. The summed E-state index contributed by atoms with van der Waals surface area (Å²) in [6.07, 6.45) is 18.8. The van der Waals surface area contributed by atoms with Crippen LogP contribution in [0, 0.1) is 0 Å². The van der Waals surface area contributed by atoms with Gasteiger partial charge >= 0.3 is 0 Å². The lowest BCUT2D eigenvalue weighted by atomic mass is 10.0. The van der Waals surface area contributed by atoms with Crippen molar-refractivity contribution in [3.05, 3.63) is 0 Å². The summed E-state index contributed by atoms with van der Waals surface area (Å²) in [5.41, 5.74) is 0. The van der Waals surface area contributed by atoms with E-state index in [0.29, 0.717) is 6.04 Å². The Morgan fingerprint density at radius 3 is 1.29 bits per heavy atom. The van der Waals surface area contributed by atoms with Crippen molar-refractivity contribution in [2.24, 2.45) is 0 Å². The monoisotopic (exact) mass is 319 g/mol. The number of halogens is 1. The molecule has 0 fully saturated rings. The van der Waals surface area contributed by atoms with Crippen LogP contribution >= 0.6 is 12.4 Å². The maximum absolute atomic E-state index is 2.46. The van der Waals surface area contributed by atoms with Crippen LogP contribution in [-0.2, 0) is 0 Å². The topological polar surface area (TPSA) is 3.24 Å². The normalized spacial score (nSPS) is 11.1. The predicted octanol–water partition coefficient (Wildman–Crippen LogP) is 6.84. The first kappa shape index (κ1) is 23.5. The SMILES string of the molecule is CCCCCCCCCCCCCCCN(C)C(C)C.Cl. The summed E-state index contributed by atoms with van der Waals surface area (Å²) in [7, 11) is 2.24. The number of hydrogen-bond donors (Lipinski definition) is 0. The lowest BCUT2D eigenvalue weighted by Crippen LogP contribution is -2.27. The first-order chi connectivity index (χ1) is 9.68. The number of nitrogens with zero attached hydrogens (tertiary/aromatic N) is 1. The number of unbranched alkanes of at least 4 members (excludes halogenated alkanes) is 12. The second-order valence-electron chi connectivity index (χ2n) is 6.82. The van der Waals surface area contributed by atoms with Crippen molar-refractivity contribution in [3.63, 3.8) is 0 Å². The maximum Gasteiger partial charge on any atom is 0.00355 e. The molecule has 0 spiro atoms. The third-order valence-corrected chi connectivity index (χ3v) is 4.50. The van der Waals surface area contributed by atoms with E-state index in [1.54, 1.807) is 0 Å². The molecule has 0 aromatic carbocycles. The molecule has 0 unspecified atom stereocenters. The van der Waals surface area contributed by atoms with Crippen LogP contribution in [0.15, 0.2) is 0 Å². The molecule has 0 aliphatic carbocycles. The lowest BCUT2D eigenvalue weighted by Gasteiger charge is -2.20. The van der Waals surface area contributed by atoms with Crippen LogP contribution in [-0.4, -0.2) is 24.5 Å². The zero-order valence-corrected chi connectivity index (χ0v) is 16.1. The highest BCUT2D eigenvalue weighted by atomic mass is 35.5. The summed E-state index contributed by atoms with van der Waals surface area (Å²) in [4.78, 5) is 2.46. The molecule has 0 atom stereocenters. The Bertz CT molecular complexity index is 182. The third kappa shape index (κ3) is 18.2. The van der Waals surface area contributed by atoms with E-state index in [1.807, 2.05) is 0 Å². The molecular weight excluding hydrogens is 278 g/mol. The van der Waals surface area contributed by atoms with Crippen LogP contribution in [0.25, 0.3) is 0 Å². The van der Waals surface area contributed by atoms with Crippen molar-refractivity contribution in [3.8, 4) is 0 Å². The second kappa shape index (κ2) is 18.3. The molecule has 130 valence electrons. The van der Waals surface area contributed by atoms with Crippen LogP contribution < -0.4 is 0 Å². The quantitative estimate of drug-likeness (QED) is 0.299. The fourth-order valence-electron chi connectivity index (χ4n) is 2.64. The lowest BCUT2D eigenvalue weighted by molar-refractivity contribution is 0.267. The Labute approximate surface area is 141 Å². The molecule has 1 nitrogen and oxygen atoms in total. The molecule has 0 bridgehead atoms. The van der Waals surface area contributed by atoms with E-state index in [2.05, 4.69) is 32.7 Å². The highest BCUT2D eigenvalue weighted by Gasteiger charge is 2.01.